The molecule has 1 atom stereocenters. The molecule has 0 aromatic heterocycles. The van der Waals surface area contributed by atoms with E-state index >= 15 is 0 Å². The third-order valence-electron chi connectivity index (χ3n) is 1.45. The smallest absolute Gasteiger partial charge is 0.0900 e. The van der Waals surface area contributed by atoms with Gasteiger partial charge in [0, 0.05) is 13.1 Å². The van der Waals surface area contributed by atoms with Crippen LogP contribution in [-0.4, -0.2) is 49.5 Å². The molecule has 3 nitrogen and oxygen atoms in total. The maximum absolute atomic E-state index is 9.09. The van der Waals surface area contributed by atoms with Gasteiger partial charge < -0.3 is 14.7 Å². The van der Waals surface area contributed by atoms with Gasteiger partial charge in [0.2, 0.25) is 0 Å². The van der Waals surface area contributed by atoms with Crippen LogP contribution in [0.15, 0.2) is 0 Å². The fourth-order valence-corrected chi connectivity index (χ4v) is 0.944. The van der Waals surface area contributed by atoms with Crippen molar-refractivity contribution in [2.45, 2.75) is 6.10 Å². The van der Waals surface area contributed by atoms with E-state index in [1.165, 1.54) is 0 Å². The quantitative estimate of drug-likeness (QED) is 0.472. The minimum absolute atomic E-state index is 0.294. The Morgan fingerprint density at radius 2 is 2.44 bits per heavy atom. The summed E-state index contributed by atoms with van der Waals surface area (Å²) in [5.74, 6) is 0. The maximum Gasteiger partial charge on any atom is 0.0900 e. The molecule has 1 rings (SSSR count). The molecule has 0 amide bonds. The molecule has 54 valence electrons. The number of ether oxygens (including phenoxy) is 1. The molecule has 0 saturated carbocycles. The molecular formula is C6H13NO2. The summed E-state index contributed by atoms with van der Waals surface area (Å²) in [5.41, 5.74) is 0. The van der Waals surface area contributed by atoms with E-state index in [1.807, 2.05) is 7.05 Å². The Hall–Kier alpha value is -0.120. The summed E-state index contributed by atoms with van der Waals surface area (Å²) in [6.45, 7) is 2.90. The zero-order valence-electron chi connectivity index (χ0n) is 5.71. The number of aliphatic hydroxyl groups excluding tert-OH is 1. The summed E-state index contributed by atoms with van der Waals surface area (Å²) >= 11 is 0. The third-order valence-corrected chi connectivity index (χ3v) is 1.45. The third kappa shape index (κ3) is 2.30. The van der Waals surface area contributed by atoms with Gasteiger partial charge in [0.15, 0.2) is 0 Å². The zero-order chi connectivity index (χ0) is 6.69. The van der Waals surface area contributed by atoms with Crippen LogP contribution in [0.25, 0.3) is 0 Å². The SMILES string of the molecule is CN1CCOC[C@@H](O)C1. The molecule has 1 N–H and O–H groups in total. The molecule has 3 heteroatoms. The molecule has 0 bridgehead atoms. The van der Waals surface area contributed by atoms with Crippen molar-refractivity contribution >= 4 is 0 Å². The van der Waals surface area contributed by atoms with Crippen molar-refractivity contribution in [2.75, 3.05) is 33.4 Å². The first-order valence-electron chi connectivity index (χ1n) is 3.23. The van der Waals surface area contributed by atoms with Gasteiger partial charge in [-0.25, -0.2) is 0 Å². The summed E-state index contributed by atoms with van der Waals surface area (Å²) in [4.78, 5) is 2.07. The van der Waals surface area contributed by atoms with Crippen LogP contribution in [0.5, 0.6) is 0 Å². The fraction of sp³-hybridized carbons (Fsp3) is 1.00. The molecule has 9 heavy (non-hydrogen) atoms. The molecule has 1 heterocycles. The Morgan fingerprint density at radius 3 is 3.22 bits per heavy atom. The number of β-amino-alcohol motifs (C(OH)–C–C–N with tert-alkyl or cyclic N) is 1. The summed E-state index contributed by atoms with van der Waals surface area (Å²) in [7, 11) is 1.98. The van der Waals surface area contributed by atoms with Crippen LogP contribution in [0.2, 0.25) is 0 Å². The predicted molar refractivity (Wildman–Crippen MR) is 34.3 cm³/mol. The second kappa shape index (κ2) is 3.15. The molecule has 0 aromatic rings. The molecular weight excluding hydrogens is 118 g/mol. The van der Waals surface area contributed by atoms with Crippen molar-refractivity contribution < 1.29 is 9.84 Å². The second-order valence-corrected chi connectivity index (χ2v) is 2.49. The topological polar surface area (TPSA) is 32.7 Å². The number of nitrogens with zero attached hydrogens (tertiary/aromatic N) is 1. The van der Waals surface area contributed by atoms with Crippen molar-refractivity contribution in [3.05, 3.63) is 0 Å². The van der Waals surface area contributed by atoms with E-state index in [2.05, 4.69) is 4.90 Å². The summed E-state index contributed by atoms with van der Waals surface area (Å²) in [6, 6.07) is 0. The lowest BCUT2D eigenvalue weighted by Gasteiger charge is -2.13. The van der Waals surface area contributed by atoms with Crippen molar-refractivity contribution in [1.82, 2.24) is 4.90 Å². The summed E-state index contributed by atoms with van der Waals surface area (Å²) < 4.78 is 5.09. The number of likely N-dealkylation sites (N-methyl/N-ethyl adjacent to an activating group) is 1. The predicted octanol–water partition coefficient (Wildman–Crippen LogP) is -0.691. The average molecular weight is 131 g/mol. The fourth-order valence-electron chi connectivity index (χ4n) is 0.944. The Balaban J connectivity index is 2.29. The lowest BCUT2D eigenvalue weighted by molar-refractivity contribution is 0.0573. The van der Waals surface area contributed by atoms with Crippen molar-refractivity contribution in [2.24, 2.45) is 0 Å². The van der Waals surface area contributed by atoms with Gasteiger partial charge >= 0.3 is 0 Å². The molecule has 0 aromatic carbocycles. The average Bonchev–Trinajstić information content (AvgIpc) is 1.93. The van der Waals surface area contributed by atoms with Crippen LogP contribution in [0.3, 0.4) is 0 Å². The minimum Gasteiger partial charge on any atom is -0.389 e. The number of hydrogen-bond donors (Lipinski definition) is 1. The zero-order valence-corrected chi connectivity index (χ0v) is 5.71. The Labute approximate surface area is 55.2 Å². The Kier molecular flexibility index (Phi) is 2.45. The largest absolute Gasteiger partial charge is 0.389 e. The molecule has 1 saturated heterocycles. The molecule has 0 aliphatic carbocycles. The lowest BCUT2D eigenvalue weighted by atomic mass is 10.4. The normalized spacial score (nSPS) is 32.0. The van der Waals surface area contributed by atoms with Gasteiger partial charge in [-0.2, -0.15) is 0 Å². The van der Waals surface area contributed by atoms with Crippen LogP contribution in [-0.2, 0) is 4.74 Å². The van der Waals surface area contributed by atoms with E-state index in [4.69, 9.17) is 9.84 Å². The molecule has 1 aliphatic rings. The van der Waals surface area contributed by atoms with Crippen LogP contribution >= 0.6 is 0 Å². The molecule has 0 unspecified atom stereocenters. The van der Waals surface area contributed by atoms with Crippen molar-refractivity contribution in [3.63, 3.8) is 0 Å². The van der Waals surface area contributed by atoms with Crippen molar-refractivity contribution in [3.8, 4) is 0 Å². The van der Waals surface area contributed by atoms with Crippen molar-refractivity contribution in [1.29, 1.82) is 0 Å². The van der Waals surface area contributed by atoms with E-state index in [9.17, 15) is 0 Å². The molecule has 0 spiro atoms. The van der Waals surface area contributed by atoms with Gasteiger partial charge in [-0.05, 0) is 7.05 Å². The standard InChI is InChI=1S/C6H13NO2/c1-7-2-3-9-5-6(8)4-7/h6,8H,2-5H2,1H3/t6-/m0/s1. The summed E-state index contributed by atoms with van der Waals surface area (Å²) in [6.07, 6.45) is -0.294. The second-order valence-electron chi connectivity index (χ2n) is 2.49. The first-order valence-corrected chi connectivity index (χ1v) is 3.23. The van der Waals surface area contributed by atoms with E-state index < -0.39 is 0 Å². The highest BCUT2D eigenvalue weighted by molar-refractivity contribution is 4.63. The maximum atomic E-state index is 9.09. The number of rotatable bonds is 0. The Bertz CT molecular complexity index is 77.1. The van der Waals surface area contributed by atoms with Crippen LogP contribution in [0, 0.1) is 0 Å². The van der Waals surface area contributed by atoms with Gasteiger partial charge in [0.25, 0.3) is 0 Å². The van der Waals surface area contributed by atoms with E-state index in [1.54, 1.807) is 0 Å². The first kappa shape index (κ1) is 6.99. The highest BCUT2D eigenvalue weighted by atomic mass is 16.5. The van der Waals surface area contributed by atoms with Crippen LogP contribution in [0.1, 0.15) is 0 Å². The van der Waals surface area contributed by atoms with E-state index in [0.29, 0.717) is 6.61 Å². The van der Waals surface area contributed by atoms with Gasteiger partial charge in [-0.1, -0.05) is 0 Å². The number of hydrogen-bond acceptors (Lipinski definition) is 3. The molecule has 1 fully saturated rings. The lowest BCUT2D eigenvalue weighted by Crippen LogP contribution is -2.28. The summed E-state index contributed by atoms with van der Waals surface area (Å²) in [5, 5.41) is 9.09. The minimum atomic E-state index is -0.294. The Morgan fingerprint density at radius 1 is 1.67 bits per heavy atom. The van der Waals surface area contributed by atoms with E-state index in [0.717, 1.165) is 19.7 Å². The highest BCUT2D eigenvalue weighted by Crippen LogP contribution is 1.95. The van der Waals surface area contributed by atoms with Crippen LogP contribution < -0.4 is 0 Å². The van der Waals surface area contributed by atoms with Gasteiger partial charge in [0.1, 0.15) is 0 Å². The van der Waals surface area contributed by atoms with Crippen LogP contribution in [0.4, 0.5) is 0 Å². The van der Waals surface area contributed by atoms with Gasteiger partial charge in [-0.15, -0.1) is 0 Å². The highest BCUT2D eigenvalue weighted by Gasteiger charge is 2.11. The number of aliphatic hydroxyl groups is 1. The van der Waals surface area contributed by atoms with Gasteiger partial charge in [0.05, 0.1) is 19.3 Å². The molecule has 1 aliphatic heterocycles. The van der Waals surface area contributed by atoms with Gasteiger partial charge in [-0.3, -0.25) is 0 Å². The first-order chi connectivity index (χ1) is 4.29. The van der Waals surface area contributed by atoms with E-state index in [-0.39, 0.29) is 6.10 Å². The molecule has 0 radical (unpaired) electrons. The monoisotopic (exact) mass is 131 g/mol.